The normalized spacial score (nSPS) is 20.3. The van der Waals surface area contributed by atoms with Crippen LogP contribution in [0.25, 0.3) is 0 Å². The van der Waals surface area contributed by atoms with Crippen LogP contribution in [0.3, 0.4) is 0 Å². The number of thioether (sulfide) groups is 1. The maximum Gasteiger partial charge on any atom is 0.148 e. The lowest BCUT2D eigenvalue weighted by atomic mass is 9.94. The maximum atomic E-state index is 12.7. The standard InChI is InChI=1S/C13H13FO2S/c14-10-3-1-9(2-4-10)7-13(16)11-8-17-6-5-12(11)15/h1-4,11H,5-8H2. The molecule has 1 atom stereocenters. The lowest BCUT2D eigenvalue weighted by Crippen LogP contribution is -2.31. The van der Waals surface area contributed by atoms with Gasteiger partial charge in [-0.1, -0.05) is 12.1 Å². The molecule has 1 saturated heterocycles. The first-order chi connectivity index (χ1) is 8.16. The molecule has 17 heavy (non-hydrogen) atoms. The summed E-state index contributed by atoms with van der Waals surface area (Å²) in [5.74, 6) is 0.645. The van der Waals surface area contributed by atoms with Gasteiger partial charge in [-0.2, -0.15) is 11.8 Å². The van der Waals surface area contributed by atoms with Crippen molar-refractivity contribution < 1.29 is 14.0 Å². The zero-order valence-corrected chi connectivity index (χ0v) is 10.1. The average molecular weight is 252 g/mol. The summed E-state index contributed by atoms with van der Waals surface area (Å²) in [6, 6.07) is 5.85. The van der Waals surface area contributed by atoms with Crippen LogP contribution in [0.2, 0.25) is 0 Å². The fourth-order valence-electron chi connectivity index (χ4n) is 1.84. The van der Waals surface area contributed by atoms with Crippen LogP contribution in [0.15, 0.2) is 24.3 Å². The second-order valence-electron chi connectivity index (χ2n) is 4.11. The second kappa shape index (κ2) is 5.45. The summed E-state index contributed by atoms with van der Waals surface area (Å²) in [4.78, 5) is 23.5. The summed E-state index contributed by atoms with van der Waals surface area (Å²) in [6.07, 6.45) is 0.710. The largest absolute Gasteiger partial charge is 0.299 e. The zero-order chi connectivity index (χ0) is 12.3. The lowest BCUT2D eigenvalue weighted by molar-refractivity contribution is -0.131. The van der Waals surface area contributed by atoms with Crippen molar-refractivity contribution in [2.75, 3.05) is 11.5 Å². The number of halogens is 1. The van der Waals surface area contributed by atoms with Crippen LogP contribution in [0, 0.1) is 11.7 Å². The Bertz CT molecular complexity index is 428. The molecule has 0 aromatic heterocycles. The summed E-state index contributed by atoms with van der Waals surface area (Å²) >= 11 is 1.65. The number of hydrogen-bond acceptors (Lipinski definition) is 3. The van der Waals surface area contributed by atoms with Crippen molar-refractivity contribution in [2.24, 2.45) is 5.92 Å². The summed E-state index contributed by atoms with van der Waals surface area (Å²) in [5.41, 5.74) is 0.764. The molecule has 0 spiro atoms. The minimum absolute atomic E-state index is 0.0474. The van der Waals surface area contributed by atoms with Crippen LogP contribution in [0.5, 0.6) is 0 Å². The Morgan fingerprint density at radius 1 is 1.35 bits per heavy atom. The van der Waals surface area contributed by atoms with E-state index in [1.165, 1.54) is 12.1 Å². The third kappa shape index (κ3) is 3.16. The van der Waals surface area contributed by atoms with Gasteiger partial charge >= 0.3 is 0 Å². The Morgan fingerprint density at radius 3 is 2.71 bits per heavy atom. The van der Waals surface area contributed by atoms with E-state index in [1.807, 2.05) is 0 Å². The average Bonchev–Trinajstić information content (AvgIpc) is 2.32. The van der Waals surface area contributed by atoms with Gasteiger partial charge in [0.05, 0.1) is 5.92 Å². The topological polar surface area (TPSA) is 34.1 Å². The van der Waals surface area contributed by atoms with Gasteiger partial charge in [-0.05, 0) is 17.7 Å². The van der Waals surface area contributed by atoms with Crippen molar-refractivity contribution in [1.82, 2.24) is 0 Å². The number of benzene rings is 1. The van der Waals surface area contributed by atoms with Gasteiger partial charge in [-0.25, -0.2) is 4.39 Å². The molecular formula is C13H13FO2S. The van der Waals surface area contributed by atoms with E-state index in [0.29, 0.717) is 12.2 Å². The molecule has 0 N–H and O–H groups in total. The first-order valence-electron chi connectivity index (χ1n) is 5.54. The smallest absolute Gasteiger partial charge is 0.148 e. The highest BCUT2D eigenvalue weighted by molar-refractivity contribution is 7.99. The van der Waals surface area contributed by atoms with E-state index >= 15 is 0 Å². The zero-order valence-electron chi connectivity index (χ0n) is 9.32. The Morgan fingerprint density at radius 2 is 2.06 bits per heavy atom. The van der Waals surface area contributed by atoms with E-state index < -0.39 is 5.92 Å². The SMILES string of the molecule is O=C1CCSCC1C(=O)Cc1ccc(F)cc1. The first-order valence-corrected chi connectivity index (χ1v) is 6.70. The van der Waals surface area contributed by atoms with Gasteiger partial charge < -0.3 is 0 Å². The third-order valence-corrected chi connectivity index (χ3v) is 3.91. The molecule has 1 unspecified atom stereocenters. The molecule has 0 amide bonds. The minimum atomic E-state index is -0.459. The van der Waals surface area contributed by atoms with Gasteiger partial charge in [0.1, 0.15) is 17.4 Å². The van der Waals surface area contributed by atoms with Crippen molar-refractivity contribution in [3.05, 3.63) is 35.6 Å². The van der Waals surface area contributed by atoms with Gasteiger partial charge in [-0.3, -0.25) is 9.59 Å². The number of carbonyl (C=O) groups is 2. The molecular weight excluding hydrogens is 239 g/mol. The molecule has 2 rings (SSSR count). The highest BCUT2D eigenvalue weighted by atomic mass is 32.2. The van der Waals surface area contributed by atoms with Crippen LogP contribution < -0.4 is 0 Å². The van der Waals surface area contributed by atoms with Crippen LogP contribution >= 0.6 is 11.8 Å². The van der Waals surface area contributed by atoms with Gasteiger partial charge in [0.25, 0.3) is 0 Å². The molecule has 0 saturated carbocycles. The monoisotopic (exact) mass is 252 g/mol. The molecule has 1 aromatic rings. The molecule has 0 bridgehead atoms. The summed E-state index contributed by atoms with van der Waals surface area (Å²) in [5, 5.41) is 0. The number of carbonyl (C=O) groups excluding carboxylic acids is 2. The fourth-order valence-corrected chi connectivity index (χ4v) is 2.96. The predicted octanol–water partition coefficient (Wildman–Crippen LogP) is 2.26. The second-order valence-corrected chi connectivity index (χ2v) is 5.26. The molecule has 0 radical (unpaired) electrons. The number of ketones is 2. The minimum Gasteiger partial charge on any atom is -0.299 e. The Balaban J connectivity index is 2.00. The van der Waals surface area contributed by atoms with E-state index in [0.717, 1.165) is 11.3 Å². The van der Waals surface area contributed by atoms with Crippen molar-refractivity contribution in [1.29, 1.82) is 0 Å². The lowest BCUT2D eigenvalue weighted by Gasteiger charge is -2.18. The number of rotatable bonds is 3. The summed E-state index contributed by atoms with van der Waals surface area (Å²) in [6.45, 7) is 0. The number of Topliss-reactive ketones (excluding diaryl/α,β-unsaturated/α-hetero) is 2. The quantitative estimate of drug-likeness (QED) is 0.774. The van der Waals surface area contributed by atoms with Crippen molar-refractivity contribution in [3.63, 3.8) is 0 Å². The molecule has 0 aliphatic carbocycles. The van der Waals surface area contributed by atoms with Crippen molar-refractivity contribution in [2.45, 2.75) is 12.8 Å². The highest BCUT2D eigenvalue weighted by Crippen LogP contribution is 2.21. The molecule has 1 aliphatic rings. The van der Waals surface area contributed by atoms with E-state index in [2.05, 4.69) is 0 Å². The maximum absolute atomic E-state index is 12.7. The summed E-state index contributed by atoms with van der Waals surface area (Å²) in [7, 11) is 0. The van der Waals surface area contributed by atoms with E-state index in [1.54, 1.807) is 23.9 Å². The first kappa shape index (κ1) is 12.3. The van der Waals surface area contributed by atoms with Gasteiger partial charge in [-0.15, -0.1) is 0 Å². The highest BCUT2D eigenvalue weighted by Gasteiger charge is 2.28. The van der Waals surface area contributed by atoms with Gasteiger partial charge in [0.15, 0.2) is 0 Å². The van der Waals surface area contributed by atoms with Crippen LogP contribution in [0.4, 0.5) is 4.39 Å². The Labute approximate surface area is 104 Å². The molecule has 1 aromatic carbocycles. The number of hydrogen-bond donors (Lipinski definition) is 0. The summed E-state index contributed by atoms with van der Waals surface area (Å²) < 4.78 is 12.7. The van der Waals surface area contributed by atoms with E-state index in [4.69, 9.17) is 0 Å². The van der Waals surface area contributed by atoms with Crippen LogP contribution in [-0.2, 0) is 16.0 Å². The molecule has 1 fully saturated rings. The van der Waals surface area contributed by atoms with Gasteiger partial charge in [0, 0.05) is 24.3 Å². The van der Waals surface area contributed by atoms with Gasteiger partial charge in [0.2, 0.25) is 0 Å². The molecule has 4 heteroatoms. The Kier molecular flexibility index (Phi) is 3.94. The molecule has 90 valence electrons. The van der Waals surface area contributed by atoms with E-state index in [9.17, 15) is 14.0 Å². The van der Waals surface area contributed by atoms with Crippen molar-refractivity contribution in [3.8, 4) is 0 Å². The predicted molar refractivity (Wildman–Crippen MR) is 65.6 cm³/mol. The van der Waals surface area contributed by atoms with Crippen LogP contribution in [0.1, 0.15) is 12.0 Å². The third-order valence-electron chi connectivity index (χ3n) is 2.85. The fraction of sp³-hybridized carbons (Fsp3) is 0.385. The molecule has 2 nitrogen and oxygen atoms in total. The Hall–Kier alpha value is -1.16. The molecule has 1 aliphatic heterocycles. The van der Waals surface area contributed by atoms with Crippen LogP contribution in [-0.4, -0.2) is 23.1 Å². The van der Waals surface area contributed by atoms with E-state index in [-0.39, 0.29) is 23.8 Å². The van der Waals surface area contributed by atoms with Crippen molar-refractivity contribution >= 4 is 23.3 Å². The molecule has 1 heterocycles.